The molecule has 0 aliphatic carbocycles. The predicted molar refractivity (Wildman–Crippen MR) is 103 cm³/mol. The molecule has 1 aliphatic rings. The molecule has 2 amide bonds. The standard InChI is InChI=1S/C19H20BrN3O4/c1-26-12-4-5-16(20)15(9-12)19(25)23-8-2-3-14(11-23)27-13-6-7-22-17(10-13)18(21)24/h4-7,9-10,14H,2-3,8,11H2,1H3,(H2,21,24). The monoisotopic (exact) mass is 433 g/mol. The number of likely N-dealkylation sites (tertiary alicyclic amines) is 1. The molecule has 2 heterocycles. The number of benzene rings is 1. The van der Waals surface area contributed by atoms with E-state index in [1.54, 1.807) is 36.3 Å². The summed E-state index contributed by atoms with van der Waals surface area (Å²) in [4.78, 5) is 29.9. The smallest absolute Gasteiger partial charge is 0.267 e. The summed E-state index contributed by atoms with van der Waals surface area (Å²) in [6.07, 6.45) is 2.95. The van der Waals surface area contributed by atoms with Gasteiger partial charge in [-0.15, -0.1) is 0 Å². The number of hydrogen-bond donors (Lipinski definition) is 1. The minimum Gasteiger partial charge on any atom is -0.497 e. The Morgan fingerprint density at radius 2 is 2.07 bits per heavy atom. The number of rotatable bonds is 5. The number of ether oxygens (including phenoxy) is 2. The first-order valence-electron chi connectivity index (χ1n) is 8.53. The van der Waals surface area contributed by atoms with E-state index >= 15 is 0 Å². The summed E-state index contributed by atoms with van der Waals surface area (Å²) in [5, 5.41) is 0. The zero-order valence-corrected chi connectivity index (χ0v) is 16.4. The number of methoxy groups -OCH3 is 1. The van der Waals surface area contributed by atoms with E-state index < -0.39 is 5.91 Å². The van der Waals surface area contributed by atoms with Crippen LogP contribution in [0.25, 0.3) is 0 Å². The van der Waals surface area contributed by atoms with Gasteiger partial charge in [0.25, 0.3) is 11.8 Å². The van der Waals surface area contributed by atoms with Gasteiger partial charge in [-0.1, -0.05) is 0 Å². The zero-order valence-electron chi connectivity index (χ0n) is 14.9. The lowest BCUT2D eigenvalue weighted by atomic mass is 10.1. The number of primary amides is 1. The molecule has 2 N–H and O–H groups in total. The Kier molecular flexibility index (Phi) is 5.95. The van der Waals surface area contributed by atoms with Crippen molar-refractivity contribution in [2.45, 2.75) is 18.9 Å². The summed E-state index contributed by atoms with van der Waals surface area (Å²) in [7, 11) is 1.57. The van der Waals surface area contributed by atoms with E-state index in [9.17, 15) is 9.59 Å². The minimum atomic E-state index is -0.608. The molecule has 1 unspecified atom stereocenters. The molecule has 142 valence electrons. The number of nitrogens with two attached hydrogens (primary N) is 1. The van der Waals surface area contributed by atoms with Crippen LogP contribution in [0.1, 0.15) is 33.7 Å². The van der Waals surface area contributed by atoms with Gasteiger partial charge in [-0.3, -0.25) is 14.6 Å². The Balaban J connectivity index is 1.71. The molecule has 2 aromatic rings. The van der Waals surface area contributed by atoms with Gasteiger partial charge in [0, 0.05) is 23.3 Å². The molecule has 1 fully saturated rings. The molecular formula is C19H20BrN3O4. The van der Waals surface area contributed by atoms with Gasteiger partial charge in [-0.2, -0.15) is 0 Å². The van der Waals surface area contributed by atoms with E-state index in [1.807, 2.05) is 0 Å². The van der Waals surface area contributed by atoms with Crippen LogP contribution in [-0.2, 0) is 0 Å². The van der Waals surface area contributed by atoms with Gasteiger partial charge >= 0.3 is 0 Å². The van der Waals surface area contributed by atoms with Gasteiger partial charge in [0.1, 0.15) is 23.3 Å². The highest BCUT2D eigenvalue weighted by atomic mass is 79.9. The average Bonchev–Trinajstić information content (AvgIpc) is 2.68. The molecule has 1 aromatic heterocycles. The van der Waals surface area contributed by atoms with Crippen molar-refractivity contribution in [1.82, 2.24) is 9.88 Å². The highest BCUT2D eigenvalue weighted by Gasteiger charge is 2.27. The molecule has 1 saturated heterocycles. The third-order valence-electron chi connectivity index (χ3n) is 4.36. The van der Waals surface area contributed by atoms with E-state index in [4.69, 9.17) is 15.2 Å². The maximum absolute atomic E-state index is 12.9. The second-order valence-corrected chi connectivity index (χ2v) is 7.07. The number of carbonyl (C=O) groups excluding carboxylic acids is 2. The third kappa shape index (κ3) is 4.57. The number of halogens is 1. The third-order valence-corrected chi connectivity index (χ3v) is 5.05. The van der Waals surface area contributed by atoms with Crippen LogP contribution in [0, 0.1) is 0 Å². The molecule has 3 rings (SSSR count). The SMILES string of the molecule is COc1ccc(Br)c(C(=O)N2CCCC(Oc3ccnc(C(N)=O)c3)C2)c1. The molecule has 27 heavy (non-hydrogen) atoms. The Labute approximate surface area is 165 Å². The molecule has 0 radical (unpaired) electrons. The second-order valence-electron chi connectivity index (χ2n) is 6.22. The first-order valence-corrected chi connectivity index (χ1v) is 9.32. The van der Waals surface area contributed by atoms with Crippen molar-refractivity contribution in [1.29, 1.82) is 0 Å². The summed E-state index contributed by atoms with van der Waals surface area (Å²) < 4.78 is 11.9. The average molecular weight is 434 g/mol. The maximum atomic E-state index is 12.9. The van der Waals surface area contributed by atoms with Gasteiger partial charge in [0.2, 0.25) is 0 Å². The number of amides is 2. The quantitative estimate of drug-likeness (QED) is 0.781. The van der Waals surface area contributed by atoms with Crippen molar-refractivity contribution in [2.24, 2.45) is 5.73 Å². The number of piperidine rings is 1. The number of nitrogens with zero attached hydrogens (tertiary/aromatic N) is 2. The van der Waals surface area contributed by atoms with Gasteiger partial charge in [0.15, 0.2) is 0 Å². The van der Waals surface area contributed by atoms with Crippen LogP contribution in [0.15, 0.2) is 41.0 Å². The molecule has 0 spiro atoms. The van der Waals surface area contributed by atoms with E-state index in [2.05, 4.69) is 20.9 Å². The summed E-state index contributed by atoms with van der Waals surface area (Å²) in [6, 6.07) is 8.50. The van der Waals surface area contributed by atoms with Gasteiger partial charge in [-0.05, 0) is 53.0 Å². The fraction of sp³-hybridized carbons (Fsp3) is 0.316. The van der Waals surface area contributed by atoms with Crippen molar-refractivity contribution in [3.8, 4) is 11.5 Å². The number of carbonyl (C=O) groups is 2. The minimum absolute atomic E-state index is 0.0818. The summed E-state index contributed by atoms with van der Waals surface area (Å²) in [6.45, 7) is 1.11. The Bertz CT molecular complexity index is 859. The van der Waals surface area contributed by atoms with E-state index in [-0.39, 0.29) is 17.7 Å². The van der Waals surface area contributed by atoms with Crippen LogP contribution in [0.3, 0.4) is 0 Å². The summed E-state index contributed by atoms with van der Waals surface area (Å²) in [5.41, 5.74) is 5.96. The van der Waals surface area contributed by atoms with Crippen molar-refractivity contribution in [3.63, 3.8) is 0 Å². The molecule has 1 aliphatic heterocycles. The van der Waals surface area contributed by atoms with Crippen molar-refractivity contribution >= 4 is 27.7 Å². The normalized spacial score (nSPS) is 16.7. The van der Waals surface area contributed by atoms with Crippen LogP contribution in [0.4, 0.5) is 0 Å². The highest BCUT2D eigenvalue weighted by Crippen LogP contribution is 2.26. The van der Waals surface area contributed by atoms with Crippen LogP contribution < -0.4 is 15.2 Å². The van der Waals surface area contributed by atoms with Crippen molar-refractivity contribution in [2.75, 3.05) is 20.2 Å². The first-order chi connectivity index (χ1) is 13.0. The predicted octanol–water partition coefficient (Wildman–Crippen LogP) is 2.64. The fourth-order valence-corrected chi connectivity index (χ4v) is 3.41. The Morgan fingerprint density at radius 1 is 1.26 bits per heavy atom. The van der Waals surface area contributed by atoms with Crippen LogP contribution in [-0.4, -0.2) is 48.0 Å². The van der Waals surface area contributed by atoms with Gasteiger partial charge in [-0.25, -0.2) is 0 Å². The lowest BCUT2D eigenvalue weighted by Gasteiger charge is -2.33. The van der Waals surface area contributed by atoms with Gasteiger partial charge in [0.05, 0.1) is 19.2 Å². The maximum Gasteiger partial charge on any atom is 0.267 e. The zero-order chi connectivity index (χ0) is 19.4. The second kappa shape index (κ2) is 8.39. The molecule has 1 aromatic carbocycles. The molecule has 1 atom stereocenters. The fourth-order valence-electron chi connectivity index (χ4n) is 3.00. The van der Waals surface area contributed by atoms with E-state index in [0.29, 0.717) is 30.2 Å². The molecule has 0 bridgehead atoms. The number of aromatic nitrogens is 1. The number of pyridine rings is 1. The summed E-state index contributed by atoms with van der Waals surface area (Å²) >= 11 is 3.43. The molecule has 8 heteroatoms. The van der Waals surface area contributed by atoms with E-state index in [0.717, 1.165) is 17.3 Å². The first kappa shape index (κ1) is 19.2. The topological polar surface area (TPSA) is 94.8 Å². The number of hydrogen-bond acceptors (Lipinski definition) is 5. The lowest BCUT2D eigenvalue weighted by Crippen LogP contribution is -2.44. The van der Waals surface area contributed by atoms with Crippen LogP contribution >= 0.6 is 15.9 Å². The molecule has 7 nitrogen and oxygen atoms in total. The largest absolute Gasteiger partial charge is 0.497 e. The summed E-state index contributed by atoms with van der Waals surface area (Å²) in [5.74, 6) is 0.452. The Hall–Kier alpha value is -2.61. The Morgan fingerprint density at radius 3 is 2.81 bits per heavy atom. The van der Waals surface area contributed by atoms with E-state index in [1.165, 1.54) is 12.3 Å². The van der Waals surface area contributed by atoms with Crippen molar-refractivity contribution in [3.05, 3.63) is 52.3 Å². The van der Waals surface area contributed by atoms with Crippen LogP contribution in [0.5, 0.6) is 11.5 Å². The van der Waals surface area contributed by atoms with Crippen molar-refractivity contribution < 1.29 is 19.1 Å². The van der Waals surface area contributed by atoms with Gasteiger partial charge < -0.3 is 20.1 Å². The molecule has 0 saturated carbocycles. The highest BCUT2D eigenvalue weighted by molar-refractivity contribution is 9.10. The molecular weight excluding hydrogens is 414 g/mol. The lowest BCUT2D eigenvalue weighted by molar-refractivity contribution is 0.0536. The van der Waals surface area contributed by atoms with Crippen LogP contribution in [0.2, 0.25) is 0 Å².